The summed E-state index contributed by atoms with van der Waals surface area (Å²) in [6, 6.07) is 10.2. The van der Waals surface area contributed by atoms with Crippen LogP contribution in [0.3, 0.4) is 0 Å². The summed E-state index contributed by atoms with van der Waals surface area (Å²) in [5.74, 6) is 0.696. The molecule has 1 aromatic carbocycles. The Kier molecular flexibility index (Phi) is 9.19. The molecule has 0 radical (unpaired) electrons. The number of rotatable bonds is 13. The number of methoxy groups -OCH3 is 1. The van der Waals surface area contributed by atoms with Gasteiger partial charge in [-0.05, 0) is 17.2 Å². The Hall–Kier alpha value is -1.75. The molecule has 0 fully saturated rings. The first kappa shape index (κ1) is 19.6. The predicted octanol–water partition coefficient (Wildman–Crippen LogP) is 4.94. The van der Waals surface area contributed by atoms with Gasteiger partial charge in [-0.1, -0.05) is 88.6 Å². The summed E-state index contributed by atoms with van der Waals surface area (Å²) in [5.41, 5.74) is 1.17. The van der Waals surface area contributed by atoms with E-state index in [1.54, 1.807) is 11.9 Å². The number of benzene rings is 1. The minimum atomic E-state index is -0.0513. The van der Waals surface area contributed by atoms with Crippen LogP contribution >= 0.6 is 0 Å². The molecule has 1 atom stereocenters. The highest BCUT2D eigenvalue weighted by Gasteiger charge is 2.16. The molecule has 0 aliphatic carbocycles. The molecule has 0 aliphatic heterocycles. The molecule has 0 saturated carbocycles. The molecule has 138 valence electrons. The number of nitrogens with zero attached hydrogens (tertiary/aromatic N) is 4. The minimum absolute atomic E-state index is 0.0513. The summed E-state index contributed by atoms with van der Waals surface area (Å²) in [5, 5.41) is 12.8. The third kappa shape index (κ3) is 7.34. The first-order valence-electron chi connectivity index (χ1n) is 9.68. The van der Waals surface area contributed by atoms with Crippen LogP contribution < -0.4 is 0 Å². The first-order valence-corrected chi connectivity index (χ1v) is 9.68. The molecule has 5 heteroatoms. The molecule has 2 rings (SSSR count). The van der Waals surface area contributed by atoms with Crippen molar-refractivity contribution in [3.63, 3.8) is 0 Å². The van der Waals surface area contributed by atoms with Gasteiger partial charge >= 0.3 is 0 Å². The quantitative estimate of drug-likeness (QED) is 0.483. The molecule has 0 saturated heterocycles. The molecule has 5 nitrogen and oxygen atoms in total. The van der Waals surface area contributed by atoms with Gasteiger partial charge in [0.05, 0.1) is 6.54 Å². The van der Waals surface area contributed by atoms with Crippen molar-refractivity contribution in [1.82, 2.24) is 20.2 Å². The lowest BCUT2D eigenvalue weighted by molar-refractivity contribution is 0.0854. The maximum absolute atomic E-state index is 5.58. The minimum Gasteiger partial charge on any atom is -0.373 e. The van der Waals surface area contributed by atoms with Crippen molar-refractivity contribution in [3.05, 3.63) is 41.7 Å². The fraction of sp³-hybridized carbons (Fsp3) is 0.650. The van der Waals surface area contributed by atoms with Crippen molar-refractivity contribution in [3.8, 4) is 0 Å². The normalized spacial score (nSPS) is 12.4. The zero-order chi connectivity index (χ0) is 17.7. The van der Waals surface area contributed by atoms with Crippen LogP contribution in [-0.2, 0) is 11.3 Å². The molecule has 0 aliphatic rings. The lowest BCUT2D eigenvalue weighted by Gasteiger charge is -2.10. The smallest absolute Gasteiger partial charge is 0.203 e. The second-order valence-corrected chi connectivity index (χ2v) is 6.65. The summed E-state index contributed by atoms with van der Waals surface area (Å²) in [6.45, 7) is 2.90. The highest BCUT2D eigenvalue weighted by Crippen LogP contribution is 2.20. The van der Waals surface area contributed by atoms with Crippen LogP contribution in [0.25, 0.3) is 0 Å². The highest BCUT2D eigenvalue weighted by atomic mass is 16.5. The molecule has 1 aromatic heterocycles. The Morgan fingerprint density at radius 1 is 0.960 bits per heavy atom. The SMILES string of the molecule is CCCCCCCCCCC(OC)c1nnn(Cc2ccccc2)n1. The van der Waals surface area contributed by atoms with Gasteiger partial charge in [-0.3, -0.25) is 0 Å². The van der Waals surface area contributed by atoms with E-state index in [2.05, 4.69) is 34.5 Å². The van der Waals surface area contributed by atoms with E-state index in [0.717, 1.165) is 12.8 Å². The summed E-state index contributed by atoms with van der Waals surface area (Å²) >= 11 is 0. The van der Waals surface area contributed by atoms with Crippen molar-refractivity contribution in [1.29, 1.82) is 0 Å². The largest absolute Gasteiger partial charge is 0.373 e. The van der Waals surface area contributed by atoms with Gasteiger partial charge in [-0.25, -0.2) is 0 Å². The van der Waals surface area contributed by atoms with Gasteiger partial charge in [0.2, 0.25) is 5.82 Å². The lowest BCUT2D eigenvalue weighted by Crippen LogP contribution is -2.07. The topological polar surface area (TPSA) is 52.8 Å². The van der Waals surface area contributed by atoms with Crippen LogP contribution in [0.1, 0.15) is 82.2 Å². The van der Waals surface area contributed by atoms with Gasteiger partial charge in [0, 0.05) is 7.11 Å². The highest BCUT2D eigenvalue weighted by molar-refractivity contribution is 5.14. The standard InChI is InChI=1S/C20H32N4O/c1-3-4-5-6-7-8-9-13-16-19(25-2)20-21-23-24(22-20)17-18-14-11-10-12-15-18/h10-12,14-15,19H,3-9,13,16-17H2,1-2H3. The summed E-state index contributed by atoms with van der Waals surface area (Å²) < 4.78 is 5.58. The van der Waals surface area contributed by atoms with E-state index in [0.29, 0.717) is 12.4 Å². The van der Waals surface area contributed by atoms with Gasteiger partial charge in [-0.2, -0.15) is 4.80 Å². The molecule has 2 aromatic rings. The molecule has 0 N–H and O–H groups in total. The maximum Gasteiger partial charge on any atom is 0.203 e. The monoisotopic (exact) mass is 344 g/mol. The summed E-state index contributed by atoms with van der Waals surface area (Å²) in [6.07, 6.45) is 11.4. The summed E-state index contributed by atoms with van der Waals surface area (Å²) in [4.78, 5) is 1.64. The third-order valence-corrected chi connectivity index (χ3v) is 4.53. The second-order valence-electron chi connectivity index (χ2n) is 6.65. The number of aromatic nitrogens is 4. The second kappa shape index (κ2) is 11.7. The average molecular weight is 345 g/mol. The fourth-order valence-electron chi connectivity index (χ4n) is 3.01. The Labute approximate surface area is 151 Å². The van der Waals surface area contributed by atoms with Gasteiger partial charge in [0.1, 0.15) is 6.10 Å². The van der Waals surface area contributed by atoms with E-state index in [1.807, 2.05) is 18.2 Å². The number of hydrogen-bond acceptors (Lipinski definition) is 4. The van der Waals surface area contributed by atoms with E-state index in [1.165, 1.54) is 50.5 Å². The van der Waals surface area contributed by atoms with E-state index >= 15 is 0 Å². The van der Waals surface area contributed by atoms with E-state index in [-0.39, 0.29) is 6.10 Å². The molecule has 1 heterocycles. The number of unbranched alkanes of at least 4 members (excludes halogenated alkanes) is 7. The van der Waals surface area contributed by atoms with Crippen LogP contribution in [0.2, 0.25) is 0 Å². The van der Waals surface area contributed by atoms with Crippen LogP contribution in [-0.4, -0.2) is 27.3 Å². The summed E-state index contributed by atoms with van der Waals surface area (Å²) in [7, 11) is 1.73. The zero-order valence-electron chi connectivity index (χ0n) is 15.7. The number of ether oxygens (including phenoxy) is 1. The van der Waals surface area contributed by atoms with Crippen LogP contribution in [0.4, 0.5) is 0 Å². The molecule has 0 bridgehead atoms. The average Bonchev–Trinajstić information content (AvgIpc) is 3.09. The molecular formula is C20H32N4O. The zero-order valence-corrected chi connectivity index (χ0v) is 15.7. The Morgan fingerprint density at radius 2 is 1.64 bits per heavy atom. The number of hydrogen-bond donors (Lipinski definition) is 0. The van der Waals surface area contributed by atoms with E-state index in [9.17, 15) is 0 Å². The fourth-order valence-corrected chi connectivity index (χ4v) is 3.01. The van der Waals surface area contributed by atoms with E-state index in [4.69, 9.17) is 4.74 Å². The number of tetrazole rings is 1. The molecule has 1 unspecified atom stereocenters. The van der Waals surface area contributed by atoms with E-state index < -0.39 is 0 Å². The molecule has 0 spiro atoms. The predicted molar refractivity (Wildman–Crippen MR) is 100 cm³/mol. The molecular weight excluding hydrogens is 312 g/mol. The van der Waals surface area contributed by atoms with Crippen LogP contribution in [0.15, 0.2) is 30.3 Å². The lowest BCUT2D eigenvalue weighted by atomic mass is 10.1. The van der Waals surface area contributed by atoms with Crippen molar-refractivity contribution >= 4 is 0 Å². The van der Waals surface area contributed by atoms with Gasteiger partial charge in [-0.15, -0.1) is 10.2 Å². The van der Waals surface area contributed by atoms with Crippen LogP contribution in [0, 0.1) is 0 Å². The molecule has 25 heavy (non-hydrogen) atoms. The first-order chi connectivity index (χ1) is 12.3. The third-order valence-electron chi connectivity index (χ3n) is 4.53. The van der Waals surface area contributed by atoms with Crippen LogP contribution in [0.5, 0.6) is 0 Å². The Bertz CT molecular complexity index is 570. The van der Waals surface area contributed by atoms with Crippen molar-refractivity contribution in [2.75, 3.05) is 7.11 Å². The van der Waals surface area contributed by atoms with Crippen molar-refractivity contribution in [2.24, 2.45) is 0 Å². The Balaban J connectivity index is 1.70. The van der Waals surface area contributed by atoms with Crippen molar-refractivity contribution < 1.29 is 4.74 Å². The van der Waals surface area contributed by atoms with Crippen molar-refractivity contribution in [2.45, 2.75) is 77.4 Å². The maximum atomic E-state index is 5.58. The van der Waals surface area contributed by atoms with Gasteiger partial charge < -0.3 is 4.74 Å². The van der Waals surface area contributed by atoms with Gasteiger partial charge in [0.15, 0.2) is 0 Å². The molecule has 0 amide bonds. The van der Waals surface area contributed by atoms with Gasteiger partial charge in [0.25, 0.3) is 0 Å². The Morgan fingerprint density at radius 3 is 2.32 bits per heavy atom.